The van der Waals surface area contributed by atoms with Crippen molar-refractivity contribution < 1.29 is 4.79 Å². The molecule has 88 valence electrons. The molecule has 0 N–H and O–H groups in total. The van der Waals surface area contributed by atoms with E-state index in [9.17, 15) is 4.79 Å². The molecule has 1 aliphatic rings. The molecule has 1 aromatic rings. The van der Waals surface area contributed by atoms with Crippen molar-refractivity contribution in [3.63, 3.8) is 0 Å². The van der Waals surface area contributed by atoms with Crippen molar-refractivity contribution in [2.24, 2.45) is 4.99 Å². The Morgan fingerprint density at radius 3 is 2.82 bits per heavy atom. The Bertz CT molecular complexity index is 508. The molecule has 0 fully saturated rings. The normalized spacial score (nSPS) is 19.1. The Morgan fingerprint density at radius 1 is 1.41 bits per heavy atom. The third-order valence-electron chi connectivity index (χ3n) is 2.52. The first-order chi connectivity index (χ1) is 8.08. The van der Waals surface area contributed by atoms with E-state index in [0.717, 1.165) is 11.3 Å². The predicted molar refractivity (Wildman–Crippen MR) is 69.2 cm³/mol. The van der Waals surface area contributed by atoms with Crippen molar-refractivity contribution in [3.05, 3.63) is 47.7 Å². The van der Waals surface area contributed by atoms with E-state index >= 15 is 0 Å². The summed E-state index contributed by atoms with van der Waals surface area (Å²) in [4.78, 5) is 17.7. The summed E-state index contributed by atoms with van der Waals surface area (Å²) in [6.45, 7) is 3.80. The van der Waals surface area contributed by atoms with Crippen LogP contribution in [-0.2, 0) is 0 Å². The Hall–Kier alpha value is -1.61. The SMILES string of the molecule is CC1=NC(Cl)N(C(=O)c2cccc(C)c2)C=C1. The van der Waals surface area contributed by atoms with Crippen LogP contribution in [0, 0.1) is 6.92 Å². The minimum absolute atomic E-state index is 0.138. The molecule has 0 radical (unpaired) electrons. The average molecular weight is 249 g/mol. The maximum Gasteiger partial charge on any atom is 0.260 e. The van der Waals surface area contributed by atoms with Gasteiger partial charge < -0.3 is 0 Å². The Labute approximate surface area is 105 Å². The van der Waals surface area contributed by atoms with E-state index in [1.807, 2.05) is 32.0 Å². The number of hydrogen-bond donors (Lipinski definition) is 0. The summed E-state index contributed by atoms with van der Waals surface area (Å²) >= 11 is 6.03. The fraction of sp³-hybridized carbons (Fsp3) is 0.231. The molecule has 1 aromatic carbocycles. The lowest BCUT2D eigenvalue weighted by Crippen LogP contribution is -2.34. The number of carbonyl (C=O) groups excluding carboxylic acids is 1. The maximum absolute atomic E-state index is 12.2. The molecule has 0 aromatic heterocycles. The Kier molecular flexibility index (Phi) is 3.29. The summed E-state index contributed by atoms with van der Waals surface area (Å²) in [6, 6.07) is 7.42. The summed E-state index contributed by atoms with van der Waals surface area (Å²) in [5, 5.41) is 0. The molecule has 0 spiro atoms. The van der Waals surface area contributed by atoms with Crippen molar-refractivity contribution in [3.8, 4) is 0 Å². The van der Waals surface area contributed by atoms with Crippen molar-refractivity contribution in [2.75, 3.05) is 0 Å². The van der Waals surface area contributed by atoms with Gasteiger partial charge in [-0.3, -0.25) is 9.69 Å². The van der Waals surface area contributed by atoms with Crippen LogP contribution < -0.4 is 0 Å². The van der Waals surface area contributed by atoms with Gasteiger partial charge in [0.15, 0.2) is 0 Å². The largest absolute Gasteiger partial charge is 0.279 e. The molecule has 0 saturated carbocycles. The minimum Gasteiger partial charge on any atom is -0.279 e. The van der Waals surface area contributed by atoms with Gasteiger partial charge in [0.1, 0.15) is 0 Å². The summed E-state index contributed by atoms with van der Waals surface area (Å²) in [6.07, 6.45) is 3.44. The lowest BCUT2D eigenvalue weighted by atomic mass is 10.1. The van der Waals surface area contributed by atoms with Crippen molar-refractivity contribution in [1.29, 1.82) is 0 Å². The zero-order valence-corrected chi connectivity index (χ0v) is 10.5. The highest BCUT2D eigenvalue weighted by molar-refractivity contribution is 6.23. The molecule has 0 saturated heterocycles. The zero-order chi connectivity index (χ0) is 12.4. The molecule has 3 nitrogen and oxygen atoms in total. The number of aryl methyl sites for hydroxylation is 1. The molecule has 0 aliphatic carbocycles. The van der Waals surface area contributed by atoms with E-state index < -0.39 is 5.62 Å². The van der Waals surface area contributed by atoms with Gasteiger partial charge in [-0.1, -0.05) is 29.3 Å². The van der Waals surface area contributed by atoms with Gasteiger partial charge >= 0.3 is 0 Å². The van der Waals surface area contributed by atoms with Crippen LogP contribution in [-0.4, -0.2) is 22.1 Å². The number of hydrogen-bond acceptors (Lipinski definition) is 2. The fourth-order valence-electron chi connectivity index (χ4n) is 1.62. The van der Waals surface area contributed by atoms with Crippen LogP contribution in [0.15, 0.2) is 41.5 Å². The van der Waals surface area contributed by atoms with Crippen LogP contribution in [0.3, 0.4) is 0 Å². The smallest absolute Gasteiger partial charge is 0.260 e. The highest BCUT2D eigenvalue weighted by Gasteiger charge is 2.22. The number of aliphatic imine (C=N–C) groups is 1. The van der Waals surface area contributed by atoms with E-state index in [-0.39, 0.29) is 5.91 Å². The molecule has 0 bridgehead atoms. The van der Waals surface area contributed by atoms with Gasteiger partial charge in [0.05, 0.1) is 0 Å². The number of rotatable bonds is 1. The van der Waals surface area contributed by atoms with Crippen LogP contribution in [0.5, 0.6) is 0 Å². The molecular weight excluding hydrogens is 236 g/mol. The number of alkyl halides is 1. The summed E-state index contributed by atoms with van der Waals surface area (Å²) in [7, 11) is 0. The van der Waals surface area contributed by atoms with E-state index in [4.69, 9.17) is 11.6 Å². The van der Waals surface area contributed by atoms with Crippen molar-refractivity contribution in [1.82, 2.24) is 4.90 Å². The van der Waals surface area contributed by atoms with Crippen LogP contribution in [0.1, 0.15) is 22.8 Å². The van der Waals surface area contributed by atoms with Gasteiger partial charge in [0.25, 0.3) is 5.91 Å². The standard InChI is InChI=1S/C13H13ClN2O/c1-9-4-3-5-11(8-9)12(17)16-7-6-10(2)15-13(16)14/h3-8,13H,1-2H3. The molecular formula is C13H13ClN2O. The van der Waals surface area contributed by atoms with Gasteiger partial charge in [0.2, 0.25) is 5.62 Å². The molecule has 1 atom stereocenters. The second-order valence-electron chi connectivity index (χ2n) is 3.98. The summed E-state index contributed by atoms with van der Waals surface area (Å²) in [5.74, 6) is -0.138. The number of halogens is 1. The number of carbonyl (C=O) groups is 1. The van der Waals surface area contributed by atoms with Gasteiger partial charge in [-0.2, -0.15) is 0 Å². The second-order valence-corrected chi connectivity index (χ2v) is 4.37. The van der Waals surface area contributed by atoms with E-state index in [2.05, 4.69) is 4.99 Å². The van der Waals surface area contributed by atoms with Crippen LogP contribution >= 0.6 is 11.6 Å². The van der Waals surface area contributed by atoms with E-state index in [0.29, 0.717) is 5.56 Å². The number of amides is 1. The molecule has 1 aliphatic heterocycles. The third kappa shape index (κ3) is 2.56. The summed E-state index contributed by atoms with van der Waals surface area (Å²) < 4.78 is 0. The number of allylic oxidation sites excluding steroid dienone is 1. The monoisotopic (exact) mass is 248 g/mol. The van der Waals surface area contributed by atoms with Gasteiger partial charge in [-0.25, -0.2) is 4.99 Å². The minimum atomic E-state index is -0.659. The number of benzene rings is 1. The fourth-order valence-corrected chi connectivity index (χ4v) is 1.93. The molecule has 1 unspecified atom stereocenters. The van der Waals surface area contributed by atoms with Gasteiger partial charge in [0, 0.05) is 17.5 Å². The Balaban J connectivity index is 2.25. The molecule has 2 rings (SSSR count). The van der Waals surface area contributed by atoms with Crippen LogP contribution in [0.2, 0.25) is 0 Å². The van der Waals surface area contributed by atoms with Crippen LogP contribution in [0.4, 0.5) is 0 Å². The lowest BCUT2D eigenvalue weighted by Gasteiger charge is -2.24. The maximum atomic E-state index is 12.2. The Morgan fingerprint density at radius 2 is 2.18 bits per heavy atom. The number of nitrogens with zero attached hydrogens (tertiary/aromatic N) is 2. The predicted octanol–water partition coefficient (Wildman–Crippen LogP) is 2.95. The second kappa shape index (κ2) is 4.72. The molecule has 1 amide bonds. The lowest BCUT2D eigenvalue weighted by molar-refractivity contribution is 0.0808. The highest BCUT2D eigenvalue weighted by Crippen LogP contribution is 2.17. The third-order valence-corrected chi connectivity index (χ3v) is 2.82. The van der Waals surface area contributed by atoms with Gasteiger partial charge in [-0.15, -0.1) is 0 Å². The van der Waals surface area contributed by atoms with Crippen LogP contribution in [0.25, 0.3) is 0 Å². The average Bonchev–Trinajstić information content (AvgIpc) is 2.28. The first-order valence-corrected chi connectivity index (χ1v) is 5.77. The summed E-state index contributed by atoms with van der Waals surface area (Å²) in [5.41, 5.74) is 1.82. The molecule has 17 heavy (non-hydrogen) atoms. The molecule has 1 heterocycles. The zero-order valence-electron chi connectivity index (χ0n) is 9.72. The topological polar surface area (TPSA) is 32.7 Å². The molecule has 4 heteroatoms. The first-order valence-electron chi connectivity index (χ1n) is 5.34. The highest BCUT2D eigenvalue weighted by atomic mass is 35.5. The first kappa shape index (κ1) is 11.9. The quantitative estimate of drug-likeness (QED) is 0.556. The van der Waals surface area contributed by atoms with E-state index in [1.165, 1.54) is 4.90 Å². The van der Waals surface area contributed by atoms with Crippen molar-refractivity contribution >= 4 is 23.2 Å². The van der Waals surface area contributed by atoms with E-state index in [1.54, 1.807) is 18.3 Å². The van der Waals surface area contributed by atoms with Gasteiger partial charge in [-0.05, 0) is 32.1 Å². The van der Waals surface area contributed by atoms with Crippen molar-refractivity contribution in [2.45, 2.75) is 19.5 Å².